The number of anilines is 1. The molecule has 0 spiro atoms. The summed E-state index contributed by atoms with van der Waals surface area (Å²) >= 11 is 0. The highest BCUT2D eigenvalue weighted by molar-refractivity contribution is 5.88. The maximum absolute atomic E-state index is 11.3. The minimum atomic E-state index is -0.241. The molecule has 0 amide bonds. The van der Waals surface area contributed by atoms with Crippen molar-refractivity contribution in [3.63, 3.8) is 0 Å². The van der Waals surface area contributed by atoms with Gasteiger partial charge in [0.25, 0.3) is 11.5 Å². The zero-order valence-electron chi connectivity index (χ0n) is 11.2. The molecule has 2 aromatic rings. The van der Waals surface area contributed by atoms with Crippen molar-refractivity contribution in [2.75, 3.05) is 12.4 Å². The van der Waals surface area contributed by atoms with Gasteiger partial charge >= 0.3 is 5.95 Å². The molecular formula is C13H16N5O2+. The van der Waals surface area contributed by atoms with Gasteiger partial charge in [-0.25, -0.2) is 9.98 Å². The van der Waals surface area contributed by atoms with Gasteiger partial charge in [0, 0.05) is 12.1 Å². The predicted octanol–water partition coefficient (Wildman–Crippen LogP) is -0.774. The number of guanidine groups is 1. The number of ether oxygens (including phenoxy) is 1. The molecule has 0 saturated carbocycles. The normalized spacial score (nSPS) is 11.2. The number of hydrogen-bond acceptors (Lipinski definition) is 3. The molecule has 0 saturated heterocycles. The van der Waals surface area contributed by atoms with Gasteiger partial charge in [0.2, 0.25) is 0 Å². The van der Waals surface area contributed by atoms with Crippen molar-refractivity contribution >= 4 is 17.6 Å². The maximum Gasteiger partial charge on any atom is 0.325 e. The fourth-order valence-electron chi connectivity index (χ4n) is 1.65. The van der Waals surface area contributed by atoms with Crippen LogP contribution in [0.1, 0.15) is 5.69 Å². The van der Waals surface area contributed by atoms with Gasteiger partial charge in [0.15, 0.2) is 0 Å². The highest BCUT2D eigenvalue weighted by Gasteiger charge is 2.04. The second-order valence-corrected chi connectivity index (χ2v) is 4.13. The van der Waals surface area contributed by atoms with Crippen LogP contribution in [-0.2, 0) is 0 Å². The van der Waals surface area contributed by atoms with Crippen LogP contribution in [0.5, 0.6) is 5.75 Å². The number of benzene rings is 1. The molecule has 0 aliphatic heterocycles. The molecule has 0 aliphatic carbocycles. The van der Waals surface area contributed by atoms with Crippen LogP contribution < -0.4 is 26.3 Å². The Morgan fingerprint density at radius 1 is 1.45 bits per heavy atom. The first kappa shape index (κ1) is 13.6. The summed E-state index contributed by atoms with van der Waals surface area (Å²) < 4.78 is 5.12. The molecule has 1 heterocycles. The zero-order valence-corrected chi connectivity index (χ0v) is 11.2. The lowest BCUT2D eigenvalue weighted by Crippen LogP contribution is -2.73. The van der Waals surface area contributed by atoms with Crippen molar-refractivity contribution in [1.82, 2.24) is 9.97 Å². The topological polar surface area (TPSA) is 107 Å². The molecular weight excluding hydrogens is 258 g/mol. The molecule has 0 bridgehead atoms. The van der Waals surface area contributed by atoms with Gasteiger partial charge in [-0.05, 0) is 19.1 Å². The summed E-state index contributed by atoms with van der Waals surface area (Å²) in [5.74, 6) is 1.24. The number of rotatable bonds is 3. The Bertz CT molecular complexity index is 693. The highest BCUT2D eigenvalue weighted by Crippen LogP contribution is 2.15. The minimum Gasteiger partial charge on any atom is -0.497 e. The molecule has 1 aromatic carbocycles. The summed E-state index contributed by atoms with van der Waals surface area (Å²) in [7, 11) is 1.59. The van der Waals surface area contributed by atoms with Crippen LogP contribution in [0, 0.1) is 6.92 Å². The average molecular weight is 274 g/mol. The molecule has 0 fully saturated rings. The second kappa shape index (κ2) is 5.87. The molecule has 20 heavy (non-hydrogen) atoms. The Labute approximate surface area is 115 Å². The van der Waals surface area contributed by atoms with Crippen LogP contribution in [-0.4, -0.2) is 23.0 Å². The van der Waals surface area contributed by atoms with Crippen molar-refractivity contribution in [2.24, 2.45) is 5.73 Å². The van der Waals surface area contributed by atoms with E-state index in [9.17, 15) is 4.79 Å². The van der Waals surface area contributed by atoms with Gasteiger partial charge < -0.3 is 10.5 Å². The molecule has 7 heteroatoms. The number of hydrogen-bond donors (Lipinski definition) is 4. The van der Waals surface area contributed by atoms with Crippen molar-refractivity contribution in [2.45, 2.75) is 6.92 Å². The largest absolute Gasteiger partial charge is 0.497 e. The van der Waals surface area contributed by atoms with E-state index < -0.39 is 0 Å². The summed E-state index contributed by atoms with van der Waals surface area (Å²) in [5, 5.41) is 2.95. The fraction of sp³-hybridized carbons (Fsp3) is 0.154. The SMILES string of the molecule is COc1cccc(NC(N)=[NH+]c2nc(C)cc(=O)[nH]2)c1. The zero-order chi connectivity index (χ0) is 14.5. The quantitative estimate of drug-likeness (QED) is 0.434. The molecule has 0 atom stereocenters. The lowest BCUT2D eigenvalue weighted by molar-refractivity contribution is -0.365. The third-order valence-electron chi connectivity index (χ3n) is 2.47. The van der Waals surface area contributed by atoms with Crippen LogP contribution in [0.25, 0.3) is 0 Å². The Morgan fingerprint density at radius 2 is 2.25 bits per heavy atom. The van der Waals surface area contributed by atoms with Crippen molar-refractivity contribution in [3.8, 4) is 5.75 Å². The Hall–Kier alpha value is -2.83. The molecule has 2 rings (SSSR count). The van der Waals surface area contributed by atoms with E-state index in [1.807, 2.05) is 18.2 Å². The molecule has 0 radical (unpaired) electrons. The molecule has 7 nitrogen and oxygen atoms in total. The molecule has 1 aromatic heterocycles. The number of methoxy groups -OCH3 is 1. The summed E-state index contributed by atoms with van der Waals surface area (Å²) in [5.41, 5.74) is 6.94. The number of aromatic amines is 1. The minimum absolute atomic E-state index is 0.241. The average Bonchev–Trinajstić information content (AvgIpc) is 2.37. The molecule has 104 valence electrons. The van der Waals surface area contributed by atoms with Gasteiger partial charge in [0.1, 0.15) is 5.75 Å². The first-order valence-corrected chi connectivity index (χ1v) is 5.95. The maximum atomic E-state index is 11.3. The number of aryl methyl sites for hydroxylation is 1. The second-order valence-electron chi connectivity index (χ2n) is 4.13. The van der Waals surface area contributed by atoms with Crippen molar-refractivity contribution < 1.29 is 9.73 Å². The van der Waals surface area contributed by atoms with E-state index >= 15 is 0 Å². The van der Waals surface area contributed by atoms with E-state index in [2.05, 4.69) is 20.3 Å². The van der Waals surface area contributed by atoms with Crippen LogP contribution in [0.2, 0.25) is 0 Å². The Morgan fingerprint density at radius 3 is 2.95 bits per heavy atom. The monoisotopic (exact) mass is 274 g/mol. The van der Waals surface area contributed by atoms with Crippen molar-refractivity contribution in [1.29, 1.82) is 0 Å². The number of nitrogens with one attached hydrogen (secondary N) is 3. The van der Waals surface area contributed by atoms with Crippen LogP contribution in [0.3, 0.4) is 0 Å². The van der Waals surface area contributed by atoms with Gasteiger partial charge in [-0.1, -0.05) is 6.07 Å². The van der Waals surface area contributed by atoms with E-state index in [1.165, 1.54) is 6.07 Å². The van der Waals surface area contributed by atoms with Crippen LogP contribution >= 0.6 is 0 Å². The van der Waals surface area contributed by atoms with E-state index in [4.69, 9.17) is 10.5 Å². The van der Waals surface area contributed by atoms with Crippen LogP contribution in [0.15, 0.2) is 35.1 Å². The third-order valence-corrected chi connectivity index (χ3v) is 2.47. The first-order chi connectivity index (χ1) is 9.56. The smallest absolute Gasteiger partial charge is 0.325 e. The molecule has 0 unspecified atom stereocenters. The van der Waals surface area contributed by atoms with Gasteiger partial charge in [0.05, 0.1) is 18.5 Å². The summed E-state index contributed by atoms with van der Waals surface area (Å²) in [4.78, 5) is 20.8. The summed E-state index contributed by atoms with van der Waals surface area (Å²) in [6.07, 6.45) is 0. The number of nitrogens with two attached hydrogens (primary N) is 1. The summed E-state index contributed by atoms with van der Waals surface area (Å²) in [6.45, 7) is 1.73. The van der Waals surface area contributed by atoms with E-state index in [0.717, 1.165) is 5.69 Å². The van der Waals surface area contributed by atoms with Crippen molar-refractivity contribution in [3.05, 3.63) is 46.4 Å². The lowest BCUT2D eigenvalue weighted by atomic mass is 10.3. The fourth-order valence-corrected chi connectivity index (χ4v) is 1.65. The standard InChI is InChI=1S/C13H15N5O2/c1-8-6-11(19)17-13(15-8)18-12(14)16-9-4-3-5-10(7-9)20-2/h3-7H,1-2H3,(H4,14,15,16,17,18,19)/p+1. The molecule has 5 N–H and O–H groups in total. The number of aromatic nitrogens is 2. The van der Waals surface area contributed by atoms with Gasteiger partial charge in [-0.2, -0.15) is 0 Å². The summed E-state index contributed by atoms with van der Waals surface area (Å²) in [6, 6.07) is 8.69. The number of H-pyrrole nitrogens is 1. The highest BCUT2D eigenvalue weighted by atomic mass is 16.5. The lowest BCUT2D eigenvalue weighted by Gasteiger charge is -2.04. The van der Waals surface area contributed by atoms with Gasteiger partial charge in [-0.15, -0.1) is 4.98 Å². The van der Waals surface area contributed by atoms with E-state index in [-0.39, 0.29) is 17.5 Å². The van der Waals surface area contributed by atoms with E-state index in [0.29, 0.717) is 11.4 Å². The third kappa shape index (κ3) is 3.58. The number of nitrogens with zero attached hydrogens (tertiary/aromatic N) is 1. The van der Waals surface area contributed by atoms with Gasteiger partial charge in [-0.3, -0.25) is 10.1 Å². The van der Waals surface area contributed by atoms with E-state index in [1.54, 1.807) is 20.1 Å². The Kier molecular flexibility index (Phi) is 3.99. The Balaban J connectivity index is 2.20. The predicted molar refractivity (Wildman–Crippen MR) is 76.0 cm³/mol. The first-order valence-electron chi connectivity index (χ1n) is 5.95. The van der Waals surface area contributed by atoms with Crippen LogP contribution in [0.4, 0.5) is 11.6 Å². The molecule has 0 aliphatic rings.